The Labute approximate surface area is 78.4 Å². The Morgan fingerprint density at radius 2 is 2.23 bits per heavy atom. The van der Waals surface area contributed by atoms with Crippen LogP contribution >= 0.6 is 0 Å². The Kier molecular flexibility index (Phi) is 3.09. The van der Waals surface area contributed by atoms with Gasteiger partial charge in [-0.25, -0.2) is 4.79 Å². The van der Waals surface area contributed by atoms with Crippen LogP contribution in [0, 0.1) is 5.92 Å². The molecule has 74 valence electrons. The SMILES string of the molecule is CC1=CC(=O)OC(CC(C)C)C1O. The molecule has 0 saturated carbocycles. The van der Waals surface area contributed by atoms with Crippen LogP contribution in [0.4, 0.5) is 0 Å². The average Bonchev–Trinajstić information content (AvgIpc) is 1.98. The molecular weight excluding hydrogens is 168 g/mol. The summed E-state index contributed by atoms with van der Waals surface area (Å²) in [6.07, 6.45) is 1.07. The minimum Gasteiger partial charge on any atom is -0.456 e. The van der Waals surface area contributed by atoms with Crippen LogP contribution in [0.5, 0.6) is 0 Å². The molecule has 0 radical (unpaired) electrons. The fourth-order valence-electron chi connectivity index (χ4n) is 1.45. The number of ether oxygens (including phenoxy) is 1. The number of aliphatic hydroxyl groups is 1. The zero-order valence-electron chi connectivity index (χ0n) is 8.28. The summed E-state index contributed by atoms with van der Waals surface area (Å²) >= 11 is 0. The van der Waals surface area contributed by atoms with Gasteiger partial charge in [0.2, 0.25) is 0 Å². The van der Waals surface area contributed by atoms with Gasteiger partial charge in [-0.05, 0) is 24.8 Å². The first kappa shape index (κ1) is 10.3. The van der Waals surface area contributed by atoms with Crippen molar-refractivity contribution < 1.29 is 14.6 Å². The lowest BCUT2D eigenvalue weighted by Gasteiger charge is -2.28. The maximum Gasteiger partial charge on any atom is 0.331 e. The summed E-state index contributed by atoms with van der Waals surface area (Å²) in [5, 5.41) is 9.66. The Hall–Kier alpha value is -0.830. The number of esters is 1. The van der Waals surface area contributed by atoms with E-state index in [2.05, 4.69) is 0 Å². The molecule has 3 nitrogen and oxygen atoms in total. The highest BCUT2D eigenvalue weighted by Crippen LogP contribution is 2.21. The third-order valence-corrected chi connectivity index (χ3v) is 2.14. The van der Waals surface area contributed by atoms with Gasteiger partial charge in [-0.15, -0.1) is 0 Å². The lowest BCUT2D eigenvalue weighted by Crippen LogP contribution is -2.36. The topological polar surface area (TPSA) is 46.5 Å². The van der Waals surface area contributed by atoms with Crippen molar-refractivity contribution in [1.82, 2.24) is 0 Å². The molecule has 1 N–H and O–H groups in total. The highest BCUT2D eigenvalue weighted by molar-refractivity contribution is 5.84. The molecule has 0 spiro atoms. The minimum atomic E-state index is -0.625. The second-order valence-electron chi connectivity index (χ2n) is 3.94. The van der Waals surface area contributed by atoms with Crippen molar-refractivity contribution in [1.29, 1.82) is 0 Å². The number of cyclic esters (lactones) is 1. The zero-order chi connectivity index (χ0) is 10.0. The lowest BCUT2D eigenvalue weighted by atomic mass is 9.96. The molecule has 3 heteroatoms. The Bertz CT molecular complexity index is 230. The normalized spacial score (nSPS) is 28.7. The van der Waals surface area contributed by atoms with Gasteiger partial charge >= 0.3 is 5.97 Å². The van der Waals surface area contributed by atoms with Gasteiger partial charge in [-0.3, -0.25) is 0 Å². The van der Waals surface area contributed by atoms with Gasteiger partial charge in [-0.2, -0.15) is 0 Å². The average molecular weight is 184 g/mol. The van der Waals surface area contributed by atoms with Crippen LogP contribution in [0.2, 0.25) is 0 Å². The molecule has 2 unspecified atom stereocenters. The number of aliphatic hydroxyl groups excluding tert-OH is 1. The first-order valence-electron chi connectivity index (χ1n) is 4.57. The smallest absolute Gasteiger partial charge is 0.331 e. The molecule has 0 saturated heterocycles. The minimum absolute atomic E-state index is 0.339. The predicted molar refractivity (Wildman–Crippen MR) is 49.1 cm³/mol. The molecule has 0 amide bonds. The predicted octanol–water partition coefficient (Wildman–Crippen LogP) is 1.27. The van der Waals surface area contributed by atoms with Gasteiger partial charge in [-0.1, -0.05) is 13.8 Å². The fraction of sp³-hybridized carbons (Fsp3) is 0.700. The maximum absolute atomic E-state index is 11.0. The fourth-order valence-corrected chi connectivity index (χ4v) is 1.45. The van der Waals surface area contributed by atoms with Crippen molar-refractivity contribution in [3.05, 3.63) is 11.6 Å². The largest absolute Gasteiger partial charge is 0.456 e. The van der Waals surface area contributed by atoms with Crippen molar-refractivity contribution >= 4 is 5.97 Å². The summed E-state index contributed by atoms with van der Waals surface area (Å²) in [4.78, 5) is 11.0. The van der Waals surface area contributed by atoms with E-state index < -0.39 is 6.10 Å². The number of carbonyl (C=O) groups is 1. The van der Waals surface area contributed by atoms with Crippen LogP contribution in [-0.2, 0) is 9.53 Å². The molecule has 1 aliphatic heterocycles. The monoisotopic (exact) mass is 184 g/mol. The summed E-state index contributed by atoms with van der Waals surface area (Å²) in [6.45, 7) is 5.82. The van der Waals surface area contributed by atoms with Gasteiger partial charge in [0, 0.05) is 6.08 Å². The van der Waals surface area contributed by atoms with E-state index in [4.69, 9.17) is 4.74 Å². The van der Waals surface area contributed by atoms with Gasteiger partial charge in [0.25, 0.3) is 0 Å². The van der Waals surface area contributed by atoms with Crippen LogP contribution < -0.4 is 0 Å². The van der Waals surface area contributed by atoms with E-state index >= 15 is 0 Å². The Morgan fingerprint density at radius 1 is 1.62 bits per heavy atom. The first-order chi connectivity index (χ1) is 6.00. The molecule has 0 aromatic heterocycles. The van der Waals surface area contributed by atoms with E-state index in [0.717, 1.165) is 0 Å². The van der Waals surface area contributed by atoms with Crippen molar-refractivity contribution in [3.8, 4) is 0 Å². The maximum atomic E-state index is 11.0. The molecule has 1 aliphatic rings. The van der Waals surface area contributed by atoms with E-state index in [9.17, 15) is 9.90 Å². The summed E-state index contributed by atoms with van der Waals surface area (Å²) < 4.78 is 5.01. The van der Waals surface area contributed by atoms with Crippen LogP contribution in [0.25, 0.3) is 0 Å². The molecule has 0 aromatic carbocycles. The standard InChI is InChI=1S/C10H16O3/c1-6(2)4-8-10(12)7(3)5-9(11)13-8/h5-6,8,10,12H,4H2,1-3H3. The Balaban J connectivity index is 2.67. The lowest BCUT2D eigenvalue weighted by molar-refractivity contribution is -0.151. The van der Waals surface area contributed by atoms with Crippen LogP contribution in [0.3, 0.4) is 0 Å². The van der Waals surface area contributed by atoms with Gasteiger partial charge < -0.3 is 9.84 Å². The molecule has 2 atom stereocenters. The zero-order valence-corrected chi connectivity index (χ0v) is 8.28. The summed E-state index contributed by atoms with van der Waals surface area (Å²) in [7, 11) is 0. The van der Waals surface area contributed by atoms with E-state index in [1.807, 2.05) is 13.8 Å². The first-order valence-corrected chi connectivity index (χ1v) is 4.57. The molecule has 0 fully saturated rings. The number of carbonyl (C=O) groups excluding carboxylic acids is 1. The van der Waals surface area contributed by atoms with Crippen LogP contribution in [-0.4, -0.2) is 23.3 Å². The summed E-state index contributed by atoms with van der Waals surface area (Å²) in [6, 6.07) is 0. The van der Waals surface area contributed by atoms with E-state index in [1.54, 1.807) is 6.92 Å². The Morgan fingerprint density at radius 3 is 2.77 bits per heavy atom. The van der Waals surface area contributed by atoms with Crippen molar-refractivity contribution in [2.75, 3.05) is 0 Å². The highest BCUT2D eigenvalue weighted by Gasteiger charge is 2.29. The van der Waals surface area contributed by atoms with E-state index in [1.165, 1.54) is 6.08 Å². The van der Waals surface area contributed by atoms with Crippen molar-refractivity contribution in [3.63, 3.8) is 0 Å². The van der Waals surface area contributed by atoms with Crippen molar-refractivity contribution in [2.45, 2.75) is 39.4 Å². The molecule has 0 aromatic rings. The van der Waals surface area contributed by atoms with E-state index in [0.29, 0.717) is 17.9 Å². The molecule has 1 heterocycles. The molecule has 0 aliphatic carbocycles. The number of hydrogen-bond acceptors (Lipinski definition) is 3. The third kappa shape index (κ3) is 2.56. The summed E-state index contributed by atoms with van der Waals surface area (Å²) in [5.74, 6) is 0.0757. The summed E-state index contributed by atoms with van der Waals surface area (Å²) in [5.41, 5.74) is 0.696. The van der Waals surface area contributed by atoms with E-state index in [-0.39, 0.29) is 12.1 Å². The van der Waals surface area contributed by atoms with Gasteiger partial charge in [0.05, 0.1) is 0 Å². The third-order valence-electron chi connectivity index (χ3n) is 2.14. The number of rotatable bonds is 2. The number of hydrogen-bond donors (Lipinski definition) is 1. The second-order valence-corrected chi connectivity index (χ2v) is 3.94. The molecular formula is C10H16O3. The molecule has 13 heavy (non-hydrogen) atoms. The molecule has 0 bridgehead atoms. The van der Waals surface area contributed by atoms with Crippen LogP contribution in [0.15, 0.2) is 11.6 Å². The second kappa shape index (κ2) is 3.92. The molecule has 1 rings (SSSR count). The van der Waals surface area contributed by atoms with Gasteiger partial charge in [0.1, 0.15) is 12.2 Å². The highest BCUT2D eigenvalue weighted by atomic mass is 16.6. The quantitative estimate of drug-likeness (QED) is 0.657. The van der Waals surface area contributed by atoms with Crippen LogP contribution in [0.1, 0.15) is 27.2 Å². The van der Waals surface area contributed by atoms with Gasteiger partial charge in [0.15, 0.2) is 0 Å². The van der Waals surface area contributed by atoms with Crippen molar-refractivity contribution in [2.24, 2.45) is 5.92 Å².